The van der Waals surface area contributed by atoms with E-state index in [1.165, 1.54) is 7.11 Å². The van der Waals surface area contributed by atoms with Gasteiger partial charge in [-0.15, -0.1) is 10.2 Å². The summed E-state index contributed by atoms with van der Waals surface area (Å²) < 4.78 is 43.1. The van der Waals surface area contributed by atoms with Crippen LogP contribution in [-0.4, -0.2) is 27.8 Å². The highest BCUT2D eigenvalue weighted by molar-refractivity contribution is 5.72. The SMILES string of the molecule is COC(=O)C1CCn2c(nnc2C(F)(F)F)C1. The van der Waals surface area contributed by atoms with E-state index in [2.05, 4.69) is 14.9 Å². The van der Waals surface area contributed by atoms with Gasteiger partial charge in [-0.05, 0) is 6.42 Å². The fraction of sp³-hybridized carbons (Fsp3) is 0.667. The predicted molar refractivity (Wildman–Crippen MR) is 48.9 cm³/mol. The van der Waals surface area contributed by atoms with Crippen LogP contribution in [0.2, 0.25) is 0 Å². The fourth-order valence-electron chi connectivity index (χ4n) is 1.91. The zero-order valence-electron chi connectivity index (χ0n) is 8.99. The second kappa shape index (κ2) is 4.01. The smallest absolute Gasteiger partial charge is 0.451 e. The molecule has 0 bridgehead atoms. The third-order valence-corrected chi connectivity index (χ3v) is 2.75. The summed E-state index contributed by atoms with van der Waals surface area (Å²) in [6.07, 6.45) is -4.07. The van der Waals surface area contributed by atoms with E-state index < -0.39 is 23.9 Å². The average molecular weight is 249 g/mol. The van der Waals surface area contributed by atoms with E-state index in [1.807, 2.05) is 0 Å². The van der Waals surface area contributed by atoms with Crippen LogP contribution in [0.25, 0.3) is 0 Å². The van der Waals surface area contributed by atoms with Gasteiger partial charge in [0.15, 0.2) is 0 Å². The molecule has 0 amide bonds. The van der Waals surface area contributed by atoms with Crippen molar-refractivity contribution in [1.82, 2.24) is 14.8 Å². The number of nitrogens with zero attached hydrogens (tertiary/aromatic N) is 3. The zero-order chi connectivity index (χ0) is 12.6. The van der Waals surface area contributed by atoms with Crippen LogP contribution >= 0.6 is 0 Å². The number of halogens is 3. The minimum absolute atomic E-state index is 0.0803. The van der Waals surface area contributed by atoms with Crippen molar-refractivity contribution < 1.29 is 22.7 Å². The Morgan fingerprint density at radius 3 is 2.76 bits per heavy atom. The minimum Gasteiger partial charge on any atom is -0.469 e. The van der Waals surface area contributed by atoms with Crippen molar-refractivity contribution in [3.05, 3.63) is 11.6 Å². The van der Waals surface area contributed by atoms with Crippen molar-refractivity contribution in [2.24, 2.45) is 5.92 Å². The van der Waals surface area contributed by atoms with Gasteiger partial charge < -0.3 is 9.30 Å². The highest BCUT2D eigenvalue weighted by Gasteiger charge is 2.40. The van der Waals surface area contributed by atoms with Crippen molar-refractivity contribution in [2.75, 3.05) is 7.11 Å². The molecule has 2 heterocycles. The van der Waals surface area contributed by atoms with Crippen LogP contribution in [0.15, 0.2) is 0 Å². The molecule has 1 aliphatic rings. The Bertz CT molecular complexity index is 441. The number of hydrogen-bond donors (Lipinski definition) is 0. The molecule has 0 aromatic carbocycles. The van der Waals surface area contributed by atoms with Gasteiger partial charge in [-0.3, -0.25) is 4.79 Å². The largest absolute Gasteiger partial charge is 0.469 e. The molecular formula is C9H10F3N3O2. The Morgan fingerprint density at radius 2 is 2.18 bits per heavy atom. The third-order valence-electron chi connectivity index (χ3n) is 2.75. The molecule has 94 valence electrons. The number of aromatic nitrogens is 3. The molecule has 1 atom stereocenters. The Morgan fingerprint density at radius 1 is 1.47 bits per heavy atom. The van der Waals surface area contributed by atoms with Gasteiger partial charge in [-0.1, -0.05) is 0 Å². The molecule has 1 aromatic rings. The lowest BCUT2D eigenvalue weighted by molar-refractivity contribution is -0.148. The van der Waals surface area contributed by atoms with E-state index >= 15 is 0 Å². The first-order valence-electron chi connectivity index (χ1n) is 5.00. The van der Waals surface area contributed by atoms with E-state index in [9.17, 15) is 18.0 Å². The van der Waals surface area contributed by atoms with E-state index in [4.69, 9.17) is 0 Å². The van der Waals surface area contributed by atoms with Crippen LogP contribution in [-0.2, 0) is 28.7 Å². The molecule has 1 unspecified atom stereocenters. The van der Waals surface area contributed by atoms with Crippen molar-refractivity contribution in [3.63, 3.8) is 0 Å². The average Bonchev–Trinajstić information content (AvgIpc) is 2.70. The fourth-order valence-corrected chi connectivity index (χ4v) is 1.91. The molecule has 0 saturated heterocycles. The number of esters is 1. The van der Waals surface area contributed by atoms with E-state index in [0.29, 0.717) is 6.42 Å². The molecule has 2 rings (SSSR count). The van der Waals surface area contributed by atoms with E-state index in [1.54, 1.807) is 0 Å². The molecule has 0 fully saturated rings. The lowest BCUT2D eigenvalue weighted by Gasteiger charge is -2.21. The molecule has 0 N–H and O–H groups in total. The summed E-state index contributed by atoms with van der Waals surface area (Å²) in [6.45, 7) is 0.0803. The van der Waals surface area contributed by atoms with Crippen LogP contribution in [0.4, 0.5) is 13.2 Å². The maximum atomic E-state index is 12.5. The Balaban J connectivity index is 2.25. The lowest BCUT2D eigenvalue weighted by atomic mass is 9.98. The normalized spacial score (nSPS) is 19.9. The molecular weight excluding hydrogens is 239 g/mol. The summed E-state index contributed by atoms with van der Waals surface area (Å²) >= 11 is 0. The van der Waals surface area contributed by atoms with E-state index in [-0.39, 0.29) is 18.8 Å². The maximum absolute atomic E-state index is 12.5. The molecule has 0 saturated carbocycles. The molecule has 17 heavy (non-hydrogen) atoms. The van der Waals surface area contributed by atoms with Crippen LogP contribution in [0, 0.1) is 5.92 Å². The Labute approximate surface area is 94.6 Å². The highest BCUT2D eigenvalue weighted by Crippen LogP contribution is 2.31. The summed E-state index contributed by atoms with van der Waals surface area (Å²) in [5.41, 5.74) is 0. The first kappa shape index (κ1) is 11.9. The van der Waals surface area contributed by atoms with Gasteiger partial charge in [0.1, 0.15) is 5.82 Å². The topological polar surface area (TPSA) is 57.0 Å². The molecule has 8 heteroatoms. The molecule has 1 aliphatic heterocycles. The Hall–Kier alpha value is -1.60. The maximum Gasteiger partial charge on any atom is 0.451 e. The zero-order valence-corrected chi connectivity index (χ0v) is 8.99. The third kappa shape index (κ3) is 2.11. The number of hydrogen-bond acceptors (Lipinski definition) is 4. The number of methoxy groups -OCH3 is 1. The van der Waals surface area contributed by atoms with Crippen molar-refractivity contribution >= 4 is 5.97 Å². The standard InChI is InChI=1S/C9H10F3N3O2/c1-17-7(16)5-2-3-15-6(4-5)13-14-8(15)9(10,11)12/h5H,2-4H2,1H3. The summed E-state index contributed by atoms with van der Waals surface area (Å²) in [6, 6.07) is 0. The van der Waals surface area contributed by atoms with Gasteiger partial charge in [0.05, 0.1) is 13.0 Å². The second-order valence-electron chi connectivity index (χ2n) is 3.80. The van der Waals surface area contributed by atoms with Crippen LogP contribution in [0.5, 0.6) is 0 Å². The quantitative estimate of drug-likeness (QED) is 0.697. The molecule has 0 radical (unpaired) electrons. The molecule has 0 aliphatic carbocycles. The van der Waals surface area contributed by atoms with Gasteiger partial charge in [0, 0.05) is 13.0 Å². The van der Waals surface area contributed by atoms with Crippen LogP contribution < -0.4 is 0 Å². The number of carbonyl (C=O) groups is 1. The summed E-state index contributed by atoms with van der Waals surface area (Å²) in [5.74, 6) is -1.68. The minimum atomic E-state index is -4.51. The number of ether oxygens (including phenoxy) is 1. The van der Waals surface area contributed by atoms with Gasteiger partial charge in [-0.2, -0.15) is 13.2 Å². The predicted octanol–water partition coefficient (Wildman–Crippen LogP) is 1.03. The summed E-state index contributed by atoms with van der Waals surface area (Å²) in [7, 11) is 1.25. The van der Waals surface area contributed by atoms with E-state index in [0.717, 1.165) is 4.57 Å². The molecule has 0 spiro atoms. The second-order valence-corrected chi connectivity index (χ2v) is 3.80. The lowest BCUT2D eigenvalue weighted by Crippen LogP contribution is -2.28. The first-order valence-corrected chi connectivity index (χ1v) is 5.00. The Kier molecular flexibility index (Phi) is 2.80. The van der Waals surface area contributed by atoms with Gasteiger partial charge in [-0.25, -0.2) is 0 Å². The molecule has 1 aromatic heterocycles. The number of carbonyl (C=O) groups excluding carboxylic acids is 1. The molecule has 5 nitrogen and oxygen atoms in total. The highest BCUT2D eigenvalue weighted by atomic mass is 19.4. The monoisotopic (exact) mass is 249 g/mol. The number of fused-ring (bicyclic) bond motifs is 1. The van der Waals surface area contributed by atoms with Crippen LogP contribution in [0.1, 0.15) is 18.1 Å². The van der Waals surface area contributed by atoms with Gasteiger partial charge >= 0.3 is 12.1 Å². The van der Waals surface area contributed by atoms with Crippen molar-refractivity contribution in [1.29, 1.82) is 0 Å². The first-order chi connectivity index (χ1) is 7.93. The summed E-state index contributed by atoms with van der Waals surface area (Å²) in [4.78, 5) is 11.3. The van der Waals surface area contributed by atoms with Gasteiger partial charge in [0.2, 0.25) is 5.82 Å². The number of rotatable bonds is 1. The van der Waals surface area contributed by atoms with Crippen molar-refractivity contribution in [3.8, 4) is 0 Å². The van der Waals surface area contributed by atoms with Crippen LogP contribution in [0.3, 0.4) is 0 Å². The number of alkyl halides is 3. The van der Waals surface area contributed by atoms with Crippen molar-refractivity contribution in [2.45, 2.75) is 25.6 Å². The summed E-state index contributed by atoms with van der Waals surface area (Å²) in [5, 5.41) is 6.60. The van der Waals surface area contributed by atoms with Gasteiger partial charge in [0.25, 0.3) is 0 Å².